The quantitative estimate of drug-likeness (QED) is 0.871. The molecule has 1 unspecified atom stereocenters. The molecule has 2 aromatic rings. The van der Waals surface area contributed by atoms with Gasteiger partial charge in [0.2, 0.25) is 0 Å². The molecule has 0 bridgehead atoms. The largest absolute Gasteiger partial charge is 0.308 e. The molecule has 0 amide bonds. The minimum atomic E-state index is 0.203. The Kier molecular flexibility index (Phi) is 3.59. The maximum Gasteiger partial charge on any atom is 0.0745 e. The summed E-state index contributed by atoms with van der Waals surface area (Å²) in [6, 6.07) is 12.8. The van der Waals surface area contributed by atoms with Crippen LogP contribution in [0.2, 0.25) is 0 Å². The fourth-order valence-corrected chi connectivity index (χ4v) is 2.12. The second-order valence-corrected chi connectivity index (χ2v) is 4.17. The molecule has 0 saturated carbocycles. The topological polar surface area (TPSA) is 29.9 Å². The minimum absolute atomic E-state index is 0.203. The summed E-state index contributed by atoms with van der Waals surface area (Å²) < 4.78 is 1.97. The fourth-order valence-electron chi connectivity index (χ4n) is 2.12. The van der Waals surface area contributed by atoms with Crippen molar-refractivity contribution in [3.63, 3.8) is 0 Å². The van der Waals surface area contributed by atoms with Gasteiger partial charge in [-0.1, -0.05) is 37.3 Å². The number of hydrogen-bond acceptors (Lipinski definition) is 2. The molecule has 0 spiro atoms. The molecule has 1 aromatic heterocycles. The first kappa shape index (κ1) is 11.9. The number of nitrogens with zero attached hydrogens (tertiary/aromatic N) is 2. The van der Waals surface area contributed by atoms with Crippen molar-refractivity contribution < 1.29 is 0 Å². The number of benzene rings is 1. The van der Waals surface area contributed by atoms with Gasteiger partial charge in [0.05, 0.1) is 17.4 Å². The molecule has 90 valence electrons. The standard InChI is InChI=1S/C14H19N3/c1-4-12-10-13(17(3)16-12)14(15-2)11-8-6-5-7-9-11/h5-10,14-15H,4H2,1-3H3. The van der Waals surface area contributed by atoms with Gasteiger partial charge in [0.15, 0.2) is 0 Å². The third-order valence-corrected chi connectivity index (χ3v) is 3.05. The van der Waals surface area contributed by atoms with E-state index >= 15 is 0 Å². The van der Waals surface area contributed by atoms with Crippen molar-refractivity contribution in [2.45, 2.75) is 19.4 Å². The fraction of sp³-hybridized carbons (Fsp3) is 0.357. The van der Waals surface area contributed by atoms with Gasteiger partial charge < -0.3 is 5.32 Å². The molecule has 0 aliphatic carbocycles. The highest BCUT2D eigenvalue weighted by atomic mass is 15.3. The second kappa shape index (κ2) is 5.15. The highest BCUT2D eigenvalue weighted by Crippen LogP contribution is 2.21. The Morgan fingerprint density at radius 3 is 2.53 bits per heavy atom. The van der Waals surface area contributed by atoms with Crippen molar-refractivity contribution in [1.82, 2.24) is 15.1 Å². The highest BCUT2D eigenvalue weighted by Gasteiger charge is 2.16. The zero-order valence-corrected chi connectivity index (χ0v) is 10.6. The summed E-state index contributed by atoms with van der Waals surface area (Å²) in [7, 11) is 3.98. The molecule has 0 aliphatic heterocycles. The molecule has 0 radical (unpaired) electrons. The van der Waals surface area contributed by atoms with Crippen LogP contribution in [-0.2, 0) is 13.5 Å². The molecule has 1 aromatic carbocycles. The van der Waals surface area contributed by atoms with Crippen LogP contribution >= 0.6 is 0 Å². The van der Waals surface area contributed by atoms with E-state index in [9.17, 15) is 0 Å². The van der Waals surface area contributed by atoms with E-state index in [1.807, 2.05) is 24.8 Å². The van der Waals surface area contributed by atoms with Crippen molar-refractivity contribution >= 4 is 0 Å². The average molecular weight is 229 g/mol. The summed E-state index contributed by atoms with van der Waals surface area (Å²) >= 11 is 0. The molecule has 17 heavy (non-hydrogen) atoms. The van der Waals surface area contributed by atoms with E-state index in [0.29, 0.717) is 0 Å². The molecular weight excluding hydrogens is 210 g/mol. The second-order valence-electron chi connectivity index (χ2n) is 4.17. The van der Waals surface area contributed by atoms with Crippen LogP contribution < -0.4 is 5.32 Å². The Morgan fingerprint density at radius 1 is 1.29 bits per heavy atom. The third-order valence-electron chi connectivity index (χ3n) is 3.05. The van der Waals surface area contributed by atoms with Gasteiger partial charge in [-0.2, -0.15) is 5.10 Å². The highest BCUT2D eigenvalue weighted by molar-refractivity contribution is 5.28. The molecule has 3 nitrogen and oxygen atoms in total. The normalized spacial score (nSPS) is 12.6. The lowest BCUT2D eigenvalue weighted by Crippen LogP contribution is -2.20. The molecule has 0 saturated heterocycles. The Bertz CT molecular complexity index is 473. The lowest BCUT2D eigenvalue weighted by molar-refractivity contribution is 0.604. The lowest BCUT2D eigenvalue weighted by Gasteiger charge is -2.16. The molecule has 3 heteroatoms. The predicted molar refractivity (Wildman–Crippen MR) is 69.9 cm³/mol. The summed E-state index contributed by atoms with van der Waals surface area (Å²) in [6.45, 7) is 2.13. The Balaban J connectivity index is 2.38. The summed E-state index contributed by atoms with van der Waals surface area (Å²) in [6.07, 6.45) is 0.971. The van der Waals surface area contributed by atoms with Crippen molar-refractivity contribution in [3.05, 3.63) is 53.3 Å². The molecule has 1 N–H and O–H groups in total. The molecule has 1 atom stereocenters. The van der Waals surface area contributed by atoms with Crippen LogP contribution in [-0.4, -0.2) is 16.8 Å². The summed E-state index contributed by atoms with van der Waals surface area (Å²) in [4.78, 5) is 0. The molecule has 0 aliphatic rings. The molecule has 0 fully saturated rings. The Hall–Kier alpha value is -1.61. The zero-order valence-electron chi connectivity index (χ0n) is 10.6. The summed E-state index contributed by atoms with van der Waals surface area (Å²) in [5, 5.41) is 7.85. The molecule has 1 heterocycles. The van der Waals surface area contributed by atoms with E-state index in [2.05, 4.69) is 47.7 Å². The van der Waals surface area contributed by atoms with Gasteiger partial charge in [-0.05, 0) is 25.1 Å². The number of aryl methyl sites for hydroxylation is 2. The first-order valence-electron chi connectivity index (χ1n) is 6.01. The van der Waals surface area contributed by atoms with E-state index in [4.69, 9.17) is 0 Å². The maximum absolute atomic E-state index is 4.50. The Morgan fingerprint density at radius 2 is 2.00 bits per heavy atom. The predicted octanol–water partition coefficient (Wildman–Crippen LogP) is 2.29. The van der Waals surface area contributed by atoms with E-state index < -0.39 is 0 Å². The van der Waals surface area contributed by atoms with Gasteiger partial charge in [0, 0.05) is 7.05 Å². The van der Waals surface area contributed by atoms with E-state index in [0.717, 1.165) is 12.1 Å². The van der Waals surface area contributed by atoms with Crippen LogP contribution in [0, 0.1) is 0 Å². The van der Waals surface area contributed by atoms with Crippen molar-refractivity contribution in [2.75, 3.05) is 7.05 Å². The van der Waals surface area contributed by atoms with Crippen LogP contribution in [0.1, 0.15) is 29.9 Å². The van der Waals surface area contributed by atoms with Crippen molar-refractivity contribution in [2.24, 2.45) is 7.05 Å². The number of nitrogens with one attached hydrogen (secondary N) is 1. The van der Waals surface area contributed by atoms with Crippen LogP contribution in [0.4, 0.5) is 0 Å². The molecular formula is C14H19N3. The SMILES string of the molecule is CCc1cc(C(NC)c2ccccc2)n(C)n1. The molecule has 2 rings (SSSR count). The number of aromatic nitrogens is 2. The van der Waals surface area contributed by atoms with E-state index in [-0.39, 0.29) is 6.04 Å². The lowest BCUT2D eigenvalue weighted by atomic mass is 10.0. The van der Waals surface area contributed by atoms with E-state index in [1.165, 1.54) is 11.3 Å². The van der Waals surface area contributed by atoms with Crippen LogP contribution in [0.5, 0.6) is 0 Å². The van der Waals surface area contributed by atoms with E-state index in [1.54, 1.807) is 0 Å². The van der Waals surface area contributed by atoms with Crippen molar-refractivity contribution in [3.8, 4) is 0 Å². The van der Waals surface area contributed by atoms with Gasteiger partial charge in [0.25, 0.3) is 0 Å². The third kappa shape index (κ3) is 2.39. The van der Waals surface area contributed by atoms with Crippen molar-refractivity contribution in [1.29, 1.82) is 0 Å². The smallest absolute Gasteiger partial charge is 0.0745 e. The number of hydrogen-bond donors (Lipinski definition) is 1. The van der Waals surface area contributed by atoms with Crippen LogP contribution in [0.25, 0.3) is 0 Å². The minimum Gasteiger partial charge on any atom is -0.308 e. The average Bonchev–Trinajstić information content (AvgIpc) is 2.73. The van der Waals surface area contributed by atoms with Gasteiger partial charge in [0.1, 0.15) is 0 Å². The van der Waals surface area contributed by atoms with Gasteiger partial charge in [-0.25, -0.2) is 0 Å². The summed E-state index contributed by atoms with van der Waals surface area (Å²) in [5.41, 5.74) is 3.61. The van der Waals surface area contributed by atoms with Gasteiger partial charge >= 0.3 is 0 Å². The van der Waals surface area contributed by atoms with Crippen LogP contribution in [0.15, 0.2) is 36.4 Å². The first-order valence-corrected chi connectivity index (χ1v) is 6.01. The van der Waals surface area contributed by atoms with Gasteiger partial charge in [-0.15, -0.1) is 0 Å². The van der Waals surface area contributed by atoms with Crippen LogP contribution in [0.3, 0.4) is 0 Å². The number of rotatable bonds is 4. The summed E-state index contributed by atoms with van der Waals surface area (Å²) in [5.74, 6) is 0. The first-order chi connectivity index (χ1) is 8.26. The Labute approximate surface area is 102 Å². The van der Waals surface area contributed by atoms with Gasteiger partial charge in [-0.3, -0.25) is 4.68 Å². The maximum atomic E-state index is 4.50. The monoisotopic (exact) mass is 229 g/mol. The zero-order chi connectivity index (χ0) is 12.3.